The Morgan fingerprint density at radius 2 is 2.16 bits per heavy atom. The van der Waals surface area contributed by atoms with Crippen molar-refractivity contribution in [2.24, 2.45) is 5.92 Å². The maximum absolute atomic E-state index is 4.50. The van der Waals surface area contributed by atoms with Gasteiger partial charge in [-0.15, -0.1) is 11.3 Å². The first-order chi connectivity index (χ1) is 9.31. The van der Waals surface area contributed by atoms with E-state index in [0.29, 0.717) is 0 Å². The molecule has 0 bridgehead atoms. The largest absolute Gasteiger partial charge is 0.308 e. The molecule has 0 saturated heterocycles. The van der Waals surface area contributed by atoms with Crippen molar-refractivity contribution in [2.45, 2.75) is 77.8 Å². The first kappa shape index (κ1) is 15.0. The number of hydrogen-bond acceptors (Lipinski definition) is 3. The molecule has 0 amide bonds. The molecule has 0 radical (unpaired) electrons. The Morgan fingerprint density at radius 3 is 2.89 bits per heavy atom. The van der Waals surface area contributed by atoms with Gasteiger partial charge in [-0.05, 0) is 31.6 Å². The van der Waals surface area contributed by atoms with Crippen LogP contribution in [-0.2, 0) is 13.0 Å². The first-order valence-electron chi connectivity index (χ1n) is 7.98. The Labute approximate surface area is 122 Å². The second-order valence-electron chi connectivity index (χ2n) is 5.81. The molecule has 2 nitrogen and oxygen atoms in total. The quantitative estimate of drug-likeness (QED) is 0.774. The van der Waals surface area contributed by atoms with Crippen LogP contribution in [0.1, 0.15) is 68.7 Å². The lowest BCUT2D eigenvalue weighted by Crippen LogP contribution is -2.27. The van der Waals surface area contributed by atoms with E-state index in [0.717, 1.165) is 24.9 Å². The number of aromatic nitrogens is 1. The summed E-state index contributed by atoms with van der Waals surface area (Å²) in [6.07, 6.45) is 12.9. The van der Waals surface area contributed by atoms with Crippen LogP contribution >= 0.6 is 11.3 Å². The Bertz CT molecular complexity index is 361. The number of thiazole rings is 1. The third-order valence-corrected chi connectivity index (χ3v) is 5.42. The van der Waals surface area contributed by atoms with E-state index in [1.807, 2.05) is 17.5 Å². The second-order valence-corrected chi connectivity index (χ2v) is 7.01. The normalized spacial score (nSPS) is 24.3. The molecule has 1 aliphatic carbocycles. The lowest BCUT2D eigenvalue weighted by atomic mass is 9.95. The molecule has 0 aromatic carbocycles. The lowest BCUT2D eigenvalue weighted by molar-refractivity contribution is 0.409. The van der Waals surface area contributed by atoms with Crippen molar-refractivity contribution in [1.82, 2.24) is 10.3 Å². The van der Waals surface area contributed by atoms with Crippen LogP contribution in [0.4, 0.5) is 0 Å². The number of nitrogens with zero attached hydrogens (tertiary/aromatic N) is 1. The molecule has 2 unspecified atom stereocenters. The smallest absolute Gasteiger partial charge is 0.107 e. The topological polar surface area (TPSA) is 24.9 Å². The Hall–Kier alpha value is -0.410. The van der Waals surface area contributed by atoms with E-state index in [1.165, 1.54) is 54.8 Å². The molecule has 3 heteroatoms. The van der Waals surface area contributed by atoms with E-state index in [-0.39, 0.29) is 0 Å². The average molecular weight is 280 g/mol. The van der Waals surface area contributed by atoms with Gasteiger partial charge in [0.25, 0.3) is 0 Å². The van der Waals surface area contributed by atoms with Crippen molar-refractivity contribution < 1.29 is 0 Å². The van der Waals surface area contributed by atoms with Crippen LogP contribution in [0.25, 0.3) is 0 Å². The number of hydrogen-bond donors (Lipinski definition) is 1. The van der Waals surface area contributed by atoms with E-state index in [2.05, 4.69) is 24.1 Å². The first-order valence-corrected chi connectivity index (χ1v) is 8.80. The fourth-order valence-electron chi connectivity index (χ4n) is 3.10. The molecule has 19 heavy (non-hydrogen) atoms. The van der Waals surface area contributed by atoms with Crippen molar-refractivity contribution >= 4 is 11.3 Å². The summed E-state index contributed by atoms with van der Waals surface area (Å²) in [6, 6.07) is 0.718. The molecule has 2 atom stereocenters. The Kier molecular flexibility index (Phi) is 6.32. The third kappa shape index (κ3) is 4.88. The molecule has 0 aliphatic heterocycles. The summed E-state index contributed by atoms with van der Waals surface area (Å²) in [6.45, 7) is 5.48. The summed E-state index contributed by atoms with van der Waals surface area (Å²) in [7, 11) is 0. The fraction of sp³-hybridized carbons (Fsp3) is 0.812. The molecule has 1 heterocycles. The minimum absolute atomic E-state index is 0.718. The van der Waals surface area contributed by atoms with Crippen LogP contribution in [0.5, 0.6) is 0 Å². The standard InChI is InChI=1S/C16H28N2S/c1-3-6-13-7-5-8-14(10-9-13)17-12-16-18-11-15(4-2)19-16/h11,13-14,17H,3-10,12H2,1-2H3. The zero-order valence-electron chi connectivity index (χ0n) is 12.5. The minimum Gasteiger partial charge on any atom is -0.308 e. The highest BCUT2D eigenvalue weighted by Crippen LogP contribution is 2.27. The van der Waals surface area contributed by atoms with Gasteiger partial charge in [0.15, 0.2) is 0 Å². The summed E-state index contributed by atoms with van der Waals surface area (Å²) in [5.74, 6) is 0.989. The number of nitrogens with one attached hydrogen (secondary N) is 1. The minimum atomic E-state index is 0.718. The third-order valence-electron chi connectivity index (χ3n) is 4.28. The van der Waals surface area contributed by atoms with Gasteiger partial charge in [0.1, 0.15) is 5.01 Å². The molecular formula is C16H28N2S. The maximum atomic E-state index is 4.50. The van der Waals surface area contributed by atoms with Crippen LogP contribution < -0.4 is 5.32 Å². The highest BCUT2D eigenvalue weighted by atomic mass is 32.1. The van der Waals surface area contributed by atoms with Crippen molar-refractivity contribution in [3.05, 3.63) is 16.1 Å². The van der Waals surface area contributed by atoms with Gasteiger partial charge in [0.05, 0.1) is 0 Å². The van der Waals surface area contributed by atoms with Crippen LogP contribution in [0.2, 0.25) is 0 Å². The van der Waals surface area contributed by atoms with Crippen LogP contribution in [0.3, 0.4) is 0 Å². The predicted octanol–water partition coefficient (Wildman–Crippen LogP) is 4.54. The summed E-state index contributed by atoms with van der Waals surface area (Å²) in [4.78, 5) is 5.90. The molecule has 1 N–H and O–H groups in total. The monoisotopic (exact) mass is 280 g/mol. The van der Waals surface area contributed by atoms with Gasteiger partial charge in [-0.3, -0.25) is 0 Å². The maximum Gasteiger partial charge on any atom is 0.107 e. The highest BCUT2D eigenvalue weighted by Gasteiger charge is 2.18. The molecule has 1 aromatic heterocycles. The summed E-state index contributed by atoms with van der Waals surface area (Å²) >= 11 is 1.86. The highest BCUT2D eigenvalue weighted by molar-refractivity contribution is 7.11. The lowest BCUT2D eigenvalue weighted by Gasteiger charge is -2.16. The van der Waals surface area contributed by atoms with Crippen molar-refractivity contribution in [3.63, 3.8) is 0 Å². The Morgan fingerprint density at radius 1 is 1.26 bits per heavy atom. The van der Waals surface area contributed by atoms with Crippen LogP contribution in [0, 0.1) is 5.92 Å². The molecule has 1 aliphatic rings. The Balaban J connectivity index is 1.73. The van der Waals surface area contributed by atoms with Gasteiger partial charge < -0.3 is 5.32 Å². The molecule has 1 fully saturated rings. The number of rotatable bonds is 6. The number of aryl methyl sites for hydroxylation is 1. The van der Waals surface area contributed by atoms with Gasteiger partial charge in [0.2, 0.25) is 0 Å². The van der Waals surface area contributed by atoms with Crippen molar-refractivity contribution in [1.29, 1.82) is 0 Å². The van der Waals surface area contributed by atoms with E-state index >= 15 is 0 Å². The van der Waals surface area contributed by atoms with Crippen LogP contribution in [0.15, 0.2) is 6.20 Å². The van der Waals surface area contributed by atoms with Crippen LogP contribution in [-0.4, -0.2) is 11.0 Å². The van der Waals surface area contributed by atoms with E-state index in [4.69, 9.17) is 0 Å². The summed E-state index contributed by atoms with van der Waals surface area (Å²) in [5.41, 5.74) is 0. The van der Waals surface area contributed by atoms with Gasteiger partial charge in [0, 0.05) is 23.7 Å². The molecule has 1 aromatic rings. The van der Waals surface area contributed by atoms with Crippen molar-refractivity contribution in [2.75, 3.05) is 0 Å². The predicted molar refractivity (Wildman–Crippen MR) is 83.6 cm³/mol. The molecule has 108 valence electrons. The molecular weight excluding hydrogens is 252 g/mol. The zero-order valence-corrected chi connectivity index (χ0v) is 13.3. The van der Waals surface area contributed by atoms with Gasteiger partial charge in [-0.1, -0.05) is 39.5 Å². The molecule has 0 spiro atoms. The van der Waals surface area contributed by atoms with Crippen molar-refractivity contribution in [3.8, 4) is 0 Å². The second kappa shape index (κ2) is 8.01. The van der Waals surface area contributed by atoms with Gasteiger partial charge in [-0.25, -0.2) is 4.98 Å². The van der Waals surface area contributed by atoms with Gasteiger partial charge in [-0.2, -0.15) is 0 Å². The molecule has 1 saturated carbocycles. The fourth-order valence-corrected chi connectivity index (χ4v) is 3.92. The van der Waals surface area contributed by atoms with Gasteiger partial charge >= 0.3 is 0 Å². The van der Waals surface area contributed by atoms with E-state index < -0.39 is 0 Å². The zero-order chi connectivity index (χ0) is 13.5. The molecule has 2 rings (SSSR count). The van der Waals surface area contributed by atoms with E-state index in [1.54, 1.807) is 0 Å². The average Bonchev–Trinajstić information content (AvgIpc) is 2.77. The SMILES string of the molecule is CCCC1CCCC(NCc2ncc(CC)s2)CC1. The summed E-state index contributed by atoms with van der Waals surface area (Å²) in [5, 5.41) is 4.98. The van der Waals surface area contributed by atoms with E-state index in [9.17, 15) is 0 Å². The summed E-state index contributed by atoms with van der Waals surface area (Å²) < 4.78 is 0.